The van der Waals surface area contributed by atoms with Crippen LogP contribution in [-0.2, 0) is 0 Å². The van der Waals surface area contributed by atoms with Crippen molar-refractivity contribution in [2.24, 2.45) is 11.8 Å². The molecule has 0 aromatic carbocycles. The Morgan fingerprint density at radius 2 is 1.79 bits per heavy atom. The molecular formula is C17H34N2. The summed E-state index contributed by atoms with van der Waals surface area (Å²) in [5.74, 6) is 1.86. The Balaban J connectivity index is 1.84. The Labute approximate surface area is 120 Å². The molecular weight excluding hydrogens is 232 g/mol. The average Bonchev–Trinajstić information content (AvgIpc) is 2.66. The van der Waals surface area contributed by atoms with E-state index in [0.29, 0.717) is 0 Å². The van der Waals surface area contributed by atoms with Crippen molar-refractivity contribution in [1.82, 2.24) is 10.2 Å². The zero-order valence-corrected chi connectivity index (χ0v) is 13.3. The molecule has 0 aromatic heterocycles. The highest BCUT2D eigenvalue weighted by Crippen LogP contribution is 2.33. The highest BCUT2D eigenvalue weighted by molar-refractivity contribution is 4.84. The smallest absolute Gasteiger partial charge is 0.0108 e. The molecule has 2 aliphatic rings. The minimum atomic E-state index is 0.831. The molecule has 3 atom stereocenters. The van der Waals surface area contributed by atoms with Gasteiger partial charge in [0.25, 0.3) is 0 Å². The molecule has 19 heavy (non-hydrogen) atoms. The lowest BCUT2D eigenvalue weighted by Crippen LogP contribution is -2.43. The number of hydrogen-bond donors (Lipinski definition) is 1. The summed E-state index contributed by atoms with van der Waals surface area (Å²) >= 11 is 0. The highest BCUT2D eigenvalue weighted by atomic mass is 15.2. The van der Waals surface area contributed by atoms with Crippen LogP contribution < -0.4 is 5.32 Å². The number of nitrogens with one attached hydrogen (secondary N) is 1. The van der Waals surface area contributed by atoms with Crippen molar-refractivity contribution >= 4 is 0 Å². The second-order valence-corrected chi connectivity index (χ2v) is 7.32. The van der Waals surface area contributed by atoms with Gasteiger partial charge in [0.05, 0.1) is 0 Å². The molecule has 0 radical (unpaired) electrons. The summed E-state index contributed by atoms with van der Waals surface area (Å²) in [5, 5.41) is 3.54. The molecule has 2 nitrogen and oxygen atoms in total. The van der Waals surface area contributed by atoms with E-state index in [2.05, 4.69) is 31.1 Å². The zero-order valence-electron chi connectivity index (χ0n) is 13.3. The van der Waals surface area contributed by atoms with Crippen molar-refractivity contribution in [3.8, 4) is 0 Å². The fourth-order valence-electron chi connectivity index (χ4n) is 4.22. The summed E-state index contributed by atoms with van der Waals surface area (Å²) in [7, 11) is 2.40. The van der Waals surface area contributed by atoms with Gasteiger partial charge >= 0.3 is 0 Å². The van der Waals surface area contributed by atoms with E-state index >= 15 is 0 Å². The summed E-state index contributed by atoms with van der Waals surface area (Å²) in [6.07, 6.45) is 11.4. The molecule has 1 heterocycles. The summed E-state index contributed by atoms with van der Waals surface area (Å²) < 4.78 is 0. The van der Waals surface area contributed by atoms with E-state index in [1.165, 1.54) is 64.5 Å². The second kappa shape index (κ2) is 7.64. The van der Waals surface area contributed by atoms with Gasteiger partial charge in [-0.1, -0.05) is 26.7 Å². The standard InChI is InChI=1S/C17H34N2/c1-14(2)12-15-6-4-7-17(13-15)19(3)16-8-5-10-18-11-9-16/h14-18H,4-13H2,1-3H3. The lowest BCUT2D eigenvalue weighted by atomic mass is 9.80. The van der Waals surface area contributed by atoms with Crippen LogP contribution in [0.5, 0.6) is 0 Å². The van der Waals surface area contributed by atoms with Crippen molar-refractivity contribution in [1.29, 1.82) is 0 Å². The normalized spacial score (nSPS) is 33.6. The first-order valence-corrected chi connectivity index (χ1v) is 8.59. The summed E-state index contributed by atoms with van der Waals surface area (Å²) in [4.78, 5) is 2.75. The van der Waals surface area contributed by atoms with Gasteiger partial charge in [-0.15, -0.1) is 0 Å². The molecule has 112 valence electrons. The highest BCUT2D eigenvalue weighted by Gasteiger charge is 2.29. The molecule has 2 fully saturated rings. The van der Waals surface area contributed by atoms with E-state index in [1.807, 2.05) is 0 Å². The summed E-state index contributed by atoms with van der Waals surface area (Å²) in [6.45, 7) is 7.21. The first kappa shape index (κ1) is 15.3. The van der Waals surface area contributed by atoms with Crippen molar-refractivity contribution < 1.29 is 0 Å². The monoisotopic (exact) mass is 266 g/mol. The second-order valence-electron chi connectivity index (χ2n) is 7.32. The van der Waals surface area contributed by atoms with Gasteiger partial charge in [0, 0.05) is 12.1 Å². The lowest BCUT2D eigenvalue weighted by molar-refractivity contribution is 0.101. The Morgan fingerprint density at radius 1 is 1.00 bits per heavy atom. The van der Waals surface area contributed by atoms with Crippen molar-refractivity contribution in [2.45, 2.75) is 77.3 Å². The van der Waals surface area contributed by atoms with Gasteiger partial charge in [-0.05, 0) is 70.5 Å². The quantitative estimate of drug-likeness (QED) is 0.835. The third-order valence-corrected chi connectivity index (χ3v) is 5.26. The predicted molar refractivity (Wildman–Crippen MR) is 83.5 cm³/mol. The van der Waals surface area contributed by atoms with Crippen LogP contribution in [0.25, 0.3) is 0 Å². The molecule has 1 aliphatic heterocycles. The molecule has 3 unspecified atom stereocenters. The van der Waals surface area contributed by atoms with Gasteiger partial charge in [-0.2, -0.15) is 0 Å². The molecule has 0 aromatic rings. The van der Waals surface area contributed by atoms with Crippen molar-refractivity contribution in [2.75, 3.05) is 20.1 Å². The zero-order chi connectivity index (χ0) is 13.7. The predicted octanol–water partition coefficient (Wildman–Crippen LogP) is 3.67. The van der Waals surface area contributed by atoms with Crippen LogP contribution in [0.2, 0.25) is 0 Å². The lowest BCUT2D eigenvalue weighted by Gasteiger charge is -2.40. The van der Waals surface area contributed by atoms with Crippen LogP contribution in [0, 0.1) is 11.8 Å². The van der Waals surface area contributed by atoms with Crippen LogP contribution in [0.3, 0.4) is 0 Å². The number of hydrogen-bond acceptors (Lipinski definition) is 2. The van der Waals surface area contributed by atoms with Crippen molar-refractivity contribution in [3.63, 3.8) is 0 Å². The van der Waals surface area contributed by atoms with Crippen LogP contribution in [0.15, 0.2) is 0 Å². The van der Waals surface area contributed by atoms with E-state index < -0.39 is 0 Å². The summed E-state index contributed by atoms with van der Waals surface area (Å²) in [6, 6.07) is 1.69. The number of rotatable bonds is 4. The summed E-state index contributed by atoms with van der Waals surface area (Å²) in [5.41, 5.74) is 0. The molecule has 0 spiro atoms. The Hall–Kier alpha value is -0.0800. The third-order valence-electron chi connectivity index (χ3n) is 5.26. The minimum absolute atomic E-state index is 0.831. The van der Waals surface area contributed by atoms with E-state index in [0.717, 1.165) is 23.9 Å². The van der Waals surface area contributed by atoms with E-state index in [9.17, 15) is 0 Å². The Bertz CT molecular complexity index is 244. The molecule has 1 aliphatic carbocycles. The Kier molecular flexibility index (Phi) is 6.15. The average molecular weight is 266 g/mol. The molecule has 2 heteroatoms. The van der Waals surface area contributed by atoms with Gasteiger partial charge in [0.1, 0.15) is 0 Å². The van der Waals surface area contributed by atoms with E-state index in [1.54, 1.807) is 0 Å². The maximum absolute atomic E-state index is 3.54. The van der Waals surface area contributed by atoms with Gasteiger partial charge in [-0.25, -0.2) is 0 Å². The fourth-order valence-corrected chi connectivity index (χ4v) is 4.22. The number of nitrogens with zero attached hydrogens (tertiary/aromatic N) is 1. The molecule has 1 saturated heterocycles. The first-order chi connectivity index (χ1) is 9.16. The topological polar surface area (TPSA) is 15.3 Å². The van der Waals surface area contributed by atoms with Gasteiger partial charge < -0.3 is 10.2 Å². The Morgan fingerprint density at radius 3 is 2.58 bits per heavy atom. The largest absolute Gasteiger partial charge is 0.317 e. The van der Waals surface area contributed by atoms with Gasteiger partial charge in [-0.3, -0.25) is 0 Å². The van der Waals surface area contributed by atoms with E-state index in [-0.39, 0.29) is 0 Å². The van der Waals surface area contributed by atoms with Gasteiger partial charge in [0.15, 0.2) is 0 Å². The SMILES string of the molecule is CC(C)CC1CCCC(N(C)C2CCCNCC2)C1. The van der Waals surface area contributed by atoms with Crippen molar-refractivity contribution in [3.05, 3.63) is 0 Å². The molecule has 2 rings (SSSR count). The molecule has 0 bridgehead atoms. The van der Waals surface area contributed by atoms with Crippen LogP contribution in [-0.4, -0.2) is 37.1 Å². The molecule has 1 N–H and O–H groups in total. The van der Waals surface area contributed by atoms with Crippen LogP contribution in [0.4, 0.5) is 0 Å². The van der Waals surface area contributed by atoms with Crippen LogP contribution in [0.1, 0.15) is 65.2 Å². The maximum atomic E-state index is 3.54. The first-order valence-electron chi connectivity index (χ1n) is 8.59. The van der Waals surface area contributed by atoms with E-state index in [4.69, 9.17) is 0 Å². The maximum Gasteiger partial charge on any atom is 0.0108 e. The van der Waals surface area contributed by atoms with Gasteiger partial charge in [0.2, 0.25) is 0 Å². The van der Waals surface area contributed by atoms with Crippen LogP contribution >= 0.6 is 0 Å². The fraction of sp³-hybridized carbons (Fsp3) is 1.00. The minimum Gasteiger partial charge on any atom is -0.317 e. The third kappa shape index (κ3) is 4.75. The molecule has 0 amide bonds. The molecule has 1 saturated carbocycles.